The molecular formula is C13H21N3O2S. The summed E-state index contributed by atoms with van der Waals surface area (Å²) >= 11 is 0. The summed E-state index contributed by atoms with van der Waals surface area (Å²) in [5.74, 6) is 0.279. The molecule has 1 N–H and O–H groups in total. The van der Waals surface area contributed by atoms with Crippen LogP contribution in [-0.2, 0) is 10.0 Å². The topological polar surface area (TPSA) is 66.1 Å². The quantitative estimate of drug-likeness (QED) is 0.920. The Morgan fingerprint density at radius 1 is 1.21 bits per heavy atom. The minimum absolute atomic E-state index is 0.137. The molecule has 1 saturated heterocycles. The van der Waals surface area contributed by atoms with Crippen LogP contribution in [-0.4, -0.2) is 41.3 Å². The number of H-pyrrole nitrogens is 1. The summed E-state index contributed by atoms with van der Waals surface area (Å²) in [5.41, 5.74) is 1.06. The lowest BCUT2D eigenvalue weighted by Gasteiger charge is -2.26. The highest BCUT2D eigenvalue weighted by Gasteiger charge is 2.37. The lowest BCUT2D eigenvalue weighted by molar-refractivity contribution is 0.426. The average molecular weight is 283 g/mol. The van der Waals surface area contributed by atoms with Crippen molar-refractivity contribution in [3.63, 3.8) is 0 Å². The van der Waals surface area contributed by atoms with Crippen LogP contribution in [0.25, 0.3) is 0 Å². The fourth-order valence-electron chi connectivity index (χ4n) is 3.28. The van der Waals surface area contributed by atoms with Crippen molar-refractivity contribution in [2.75, 3.05) is 13.1 Å². The van der Waals surface area contributed by atoms with Gasteiger partial charge in [0.25, 0.3) is 0 Å². The Kier molecular flexibility index (Phi) is 3.62. The number of sulfonamides is 1. The summed E-state index contributed by atoms with van der Waals surface area (Å²) < 4.78 is 26.9. The zero-order chi connectivity index (χ0) is 13.3. The summed E-state index contributed by atoms with van der Waals surface area (Å²) in [5, 5.41) is 6.77. The van der Waals surface area contributed by atoms with Crippen LogP contribution in [0.3, 0.4) is 0 Å². The summed E-state index contributed by atoms with van der Waals surface area (Å²) in [6, 6.07) is 1.95. The molecule has 1 aromatic heterocycles. The molecule has 106 valence electrons. The van der Waals surface area contributed by atoms with Gasteiger partial charge in [-0.2, -0.15) is 5.10 Å². The van der Waals surface area contributed by atoms with E-state index in [2.05, 4.69) is 10.2 Å². The van der Waals surface area contributed by atoms with Crippen molar-refractivity contribution in [1.82, 2.24) is 14.5 Å². The van der Waals surface area contributed by atoms with E-state index in [4.69, 9.17) is 0 Å². The molecule has 1 aliphatic carbocycles. The maximum absolute atomic E-state index is 12.6. The summed E-state index contributed by atoms with van der Waals surface area (Å²) in [7, 11) is -3.09. The van der Waals surface area contributed by atoms with Gasteiger partial charge in [0.15, 0.2) is 0 Å². The summed E-state index contributed by atoms with van der Waals surface area (Å²) in [4.78, 5) is 0. The van der Waals surface area contributed by atoms with Crippen molar-refractivity contribution in [3.05, 3.63) is 18.0 Å². The number of rotatable bonds is 3. The van der Waals surface area contributed by atoms with Gasteiger partial charge in [0, 0.05) is 30.9 Å². The first kappa shape index (κ1) is 13.1. The van der Waals surface area contributed by atoms with Gasteiger partial charge in [0.2, 0.25) is 10.0 Å². The van der Waals surface area contributed by atoms with Crippen molar-refractivity contribution >= 4 is 10.0 Å². The maximum Gasteiger partial charge on any atom is 0.217 e. The third-order valence-electron chi connectivity index (χ3n) is 4.45. The molecule has 5 nitrogen and oxygen atoms in total. The molecule has 1 saturated carbocycles. The molecule has 2 fully saturated rings. The third-order valence-corrected chi connectivity index (χ3v) is 6.81. The summed E-state index contributed by atoms with van der Waals surface area (Å²) in [6.45, 7) is 1.27. The predicted molar refractivity (Wildman–Crippen MR) is 73.3 cm³/mol. The van der Waals surface area contributed by atoms with Crippen LogP contribution < -0.4 is 0 Å². The van der Waals surface area contributed by atoms with Crippen LogP contribution in [0.4, 0.5) is 0 Å². The minimum atomic E-state index is -3.09. The first-order valence-corrected chi connectivity index (χ1v) is 8.66. The molecule has 6 heteroatoms. The van der Waals surface area contributed by atoms with Gasteiger partial charge in [-0.3, -0.25) is 5.10 Å². The molecule has 0 spiro atoms. The van der Waals surface area contributed by atoms with E-state index < -0.39 is 10.0 Å². The van der Waals surface area contributed by atoms with Crippen molar-refractivity contribution in [1.29, 1.82) is 0 Å². The second kappa shape index (κ2) is 5.25. The molecule has 3 rings (SSSR count). The zero-order valence-corrected chi connectivity index (χ0v) is 11.9. The predicted octanol–water partition coefficient (Wildman–Crippen LogP) is 1.86. The largest absolute Gasteiger partial charge is 0.282 e. The molecule has 2 heterocycles. The lowest BCUT2D eigenvalue weighted by Crippen LogP contribution is -2.38. The maximum atomic E-state index is 12.6. The monoisotopic (exact) mass is 283 g/mol. The number of nitrogens with zero attached hydrogens (tertiary/aromatic N) is 2. The third kappa shape index (κ3) is 2.56. The van der Waals surface area contributed by atoms with Crippen LogP contribution in [0.15, 0.2) is 12.3 Å². The van der Waals surface area contributed by atoms with E-state index in [9.17, 15) is 8.42 Å². The SMILES string of the molecule is O=S(=O)(C1CCCCC1)N1CC[C@@H](c2ccn[nH]2)C1. The van der Waals surface area contributed by atoms with Gasteiger partial charge in [-0.1, -0.05) is 19.3 Å². The number of hydrogen-bond acceptors (Lipinski definition) is 3. The molecule has 2 aliphatic rings. The molecule has 0 bridgehead atoms. The fourth-order valence-corrected chi connectivity index (χ4v) is 5.38. The molecule has 1 aromatic rings. The van der Waals surface area contributed by atoms with Gasteiger partial charge < -0.3 is 0 Å². The molecule has 0 unspecified atom stereocenters. The molecular weight excluding hydrogens is 262 g/mol. The fraction of sp³-hybridized carbons (Fsp3) is 0.769. The molecule has 0 radical (unpaired) electrons. The number of nitrogens with one attached hydrogen (secondary N) is 1. The van der Waals surface area contributed by atoms with Gasteiger partial charge in [-0.15, -0.1) is 0 Å². The standard InChI is InChI=1S/C13H21N3O2S/c17-19(18,12-4-2-1-3-5-12)16-9-7-11(10-16)13-6-8-14-15-13/h6,8,11-12H,1-5,7,9-10H2,(H,14,15)/t11-/m1/s1. The highest BCUT2D eigenvalue weighted by atomic mass is 32.2. The van der Waals surface area contributed by atoms with Gasteiger partial charge >= 0.3 is 0 Å². The van der Waals surface area contributed by atoms with Crippen molar-refractivity contribution < 1.29 is 8.42 Å². The number of hydrogen-bond donors (Lipinski definition) is 1. The van der Waals surface area contributed by atoms with Gasteiger partial charge in [-0.05, 0) is 25.3 Å². The zero-order valence-electron chi connectivity index (χ0n) is 11.1. The van der Waals surface area contributed by atoms with Crippen molar-refractivity contribution in [3.8, 4) is 0 Å². The Balaban J connectivity index is 1.69. The second-order valence-electron chi connectivity index (χ2n) is 5.66. The van der Waals surface area contributed by atoms with E-state index in [1.54, 1.807) is 10.5 Å². The Hall–Kier alpha value is -0.880. The van der Waals surface area contributed by atoms with E-state index in [1.165, 1.54) is 6.42 Å². The smallest absolute Gasteiger partial charge is 0.217 e. The van der Waals surface area contributed by atoms with E-state index in [0.717, 1.165) is 37.8 Å². The molecule has 0 aromatic carbocycles. The van der Waals surface area contributed by atoms with Gasteiger partial charge in [0.05, 0.1) is 5.25 Å². The van der Waals surface area contributed by atoms with Crippen LogP contribution in [0.1, 0.15) is 50.1 Å². The first-order chi connectivity index (χ1) is 9.18. The molecule has 1 atom stereocenters. The normalized spacial score (nSPS) is 26.8. The Morgan fingerprint density at radius 3 is 2.68 bits per heavy atom. The Bertz CT molecular complexity index is 506. The number of aromatic nitrogens is 2. The second-order valence-corrected chi connectivity index (χ2v) is 7.87. The van der Waals surface area contributed by atoms with Crippen LogP contribution in [0.2, 0.25) is 0 Å². The lowest BCUT2D eigenvalue weighted by atomic mass is 10.0. The highest BCUT2D eigenvalue weighted by Crippen LogP contribution is 2.32. The van der Waals surface area contributed by atoms with Crippen molar-refractivity contribution in [2.45, 2.75) is 49.7 Å². The van der Waals surface area contributed by atoms with E-state index >= 15 is 0 Å². The molecule has 19 heavy (non-hydrogen) atoms. The molecule has 1 aliphatic heterocycles. The van der Waals surface area contributed by atoms with Crippen molar-refractivity contribution in [2.24, 2.45) is 0 Å². The van der Waals surface area contributed by atoms with Crippen LogP contribution in [0, 0.1) is 0 Å². The van der Waals surface area contributed by atoms with E-state index in [-0.39, 0.29) is 11.2 Å². The first-order valence-electron chi connectivity index (χ1n) is 7.16. The number of aromatic amines is 1. The van der Waals surface area contributed by atoms with Crippen LogP contribution in [0.5, 0.6) is 0 Å². The summed E-state index contributed by atoms with van der Waals surface area (Å²) in [6.07, 6.45) is 7.61. The van der Waals surface area contributed by atoms with Gasteiger partial charge in [0.1, 0.15) is 0 Å². The average Bonchev–Trinajstić information content (AvgIpc) is 3.10. The molecule has 0 amide bonds. The Morgan fingerprint density at radius 2 is 2.00 bits per heavy atom. The minimum Gasteiger partial charge on any atom is -0.282 e. The van der Waals surface area contributed by atoms with E-state index in [1.807, 2.05) is 6.07 Å². The Labute approximate surface area is 114 Å². The van der Waals surface area contributed by atoms with E-state index in [0.29, 0.717) is 13.1 Å². The van der Waals surface area contributed by atoms with Crippen LogP contribution >= 0.6 is 0 Å². The van der Waals surface area contributed by atoms with Gasteiger partial charge in [-0.25, -0.2) is 12.7 Å². The highest BCUT2D eigenvalue weighted by molar-refractivity contribution is 7.89.